The molecule has 3 amide bonds. The maximum absolute atomic E-state index is 14.4. The van der Waals surface area contributed by atoms with Crippen LogP contribution in [0, 0.1) is 11.3 Å². The number of hydrogen-bond donors (Lipinski definition) is 4. The van der Waals surface area contributed by atoms with E-state index in [2.05, 4.69) is 17.2 Å². The Kier molecular flexibility index (Phi) is 10.3. The number of carboxylic acids is 1. The van der Waals surface area contributed by atoms with Gasteiger partial charge in [0, 0.05) is 41.0 Å². The highest BCUT2D eigenvalue weighted by Gasteiger charge is 2.61. The summed E-state index contributed by atoms with van der Waals surface area (Å²) < 4.78 is 17.4. The number of ether oxygens (including phenoxy) is 3. The fraction of sp³-hybridized carbons (Fsp3) is 0.447. The van der Waals surface area contributed by atoms with E-state index in [-0.39, 0.29) is 26.0 Å². The second kappa shape index (κ2) is 14.2. The largest absolute Gasteiger partial charge is 0.497 e. The van der Waals surface area contributed by atoms with Gasteiger partial charge >= 0.3 is 12.1 Å². The van der Waals surface area contributed by atoms with Crippen molar-refractivity contribution in [3.8, 4) is 22.8 Å². The maximum atomic E-state index is 14.4. The van der Waals surface area contributed by atoms with Crippen LogP contribution in [-0.2, 0) is 19.1 Å². The third kappa shape index (κ3) is 8.25. The average Bonchev–Trinajstić information content (AvgIpc) is 3.64. The smallest absolute Gasteiger partial charge is 0.407 e. The summed E-state index contributed by atoms with van der Waals surface area (Å²) >= 11 is 0. The van der Waals surface area contributed by atoms with Crippen molar-refractivity contribution < 1.29 is 38.5 Å². The molecule has 1 saturated heterocycles. The van der Waals surface area contributed by atoms with Crippen molar-refractivity contribution in [1.82, 2.24) is 20.5 Å². The third-order valence-corrected chi connectivity index (χ3v) is 9.17. The Morgan fingerprint density at radius 2 is 1.82 bits per heavy atom. The molecule has 51 heavy (non-hydrogen) atoms. The van der Waals surface area contributed by atoms with Gasteiger partial charge in [-0.05, 0) is 37.8 Å². The Morgan fingerprint density at radius 3 is 2.41 bits per heavy atom. The quantitative estimate of drug-likeness (QED) is 0.199. The maximum Gasteiger partial charge on any atom is 0.407 e. The summed E-state index contributed by atoms with van der Waals surface area (Å²) in [5.41, 5.74) is 4.98. The number of carboxylic acid groups (broad SMARTS) is 1. The van der Waals surface area contributed by atoms with Crippen LogP contribution in [0.5, 0.6) is 11.5 Å². The number of nitrogens with two attached hydrogens (primary N) is 1. The van der Waals surface area contributed by atoms with Crippen LogP contribution < -0.4 is 25.8 Å². The van der Waals surface area contributed by atoms with Gasteiger partial charge in [-0.15, -0.1) is 6.58 Å². The first-order valence-corrected chi connectivity index (χ1v) is 16.9. The van der Waals surface area contributed by atoms with Crippen LogP contribution in [0.1, 0.15) is 47.5 Å². The molecule has 0 spiro atoms. The third-order valence-electron chi connectivity index (χ3n) is 9.17. The van der Waals surface area contributed by atoms with E-state index in [0.717, 1.165) is 5.56 Å². The molecule has 2 heterocycles. The summed E-state index contributed by atoms with van der Waals surface area (Å²) in [6.45, 7) is 12.3. The number of carbonyl (C=O) groups is 4. The van der Waals surface area contributed by atoms with Crippen LogP contribution in [0.4, 0.5) is 4.79 Å². The summed E-state index contributed by atoms with van der Waals surface area (Å²) in [6.07, 6.45) is 0.206. The minimum absolute atomic E-state index is 0.0261. The molecule has 2 aromatic carbocycles. The number of aliphatic carboxylic acids is 1. The van der Waals surface area contributed by atoms with Crippen molar-refractivity contribution in [2.24, 2.45) is 17.1 Å². The Morgan fingerprint density at radius 1 is 1.12 bits per heavy atom. The van der Waals surface area contributed by atoms with Crippen molar-refractivity contribution in [3.63, 3.8) is 0 Å². The molecule has 5 rings (SSSR count). The minimum Gasteiger partial charge on any atom is -0.497 e. The number of likely N-dealkylation sites (tertiary alicyclic amines) is 1. The zero-order chi connectivity index (χ0) is 37.3. The van der Waals surface area contributed by atoms with Crippen LogP contribution in [-0.4, -0.2) is 88.4 Å². The van der Waals surface area contributed by atoms with Crippen molar-refractivity contribution in [3.05, 3.63) is 67.3 Å². The van der Waals surface area contributed by atoms with Crippen LogP contribution in [0.3, 0.4) is 0 Å². The lowest BCUT2D eigenvalue weighted by atomic mass is 9.85. The van der Waals surface area contributed by atoms with Crippen LogP contribution >= 0.6 is 0 Å². The van der Waals surface area contributed by atoms with Gasteiger partial charge in [0.15, 0.2) is 0 Å². The lowest BCUT2D eigenvalue weighted by molar-refractivity contribution is -0.146. The summed E-state index contributed by atoms with van der Waals surface area (Å²) in [5.74, 6) is -1.74. The number of hydrogen-bond acceptors (Lipinski definition) is 9. The average molecular weight is 702 g/mol. The van der Waals surface area contributed by atoms with Crippen molar-refractivity contribution in [1.29, 1.82) is 0 Å². The number of alkyl carbamates (subject to hydrolysis) is 1. The molecule has 1 aliphatic heterocycles. The van der Waals surface area contributed by atoms with Gasteiger partial charge in [0.25, 0.3) is 0 Å². The number of pyridine rings is 1. The number of nitrogens with one attached hydrogen (secondary N) is 2. The monoisotopic (exact) mass is 701 g/mol. The first-order chi connectivity index (χ1) is 24.0. The number of benzene rings is 2. The number of rotatable bonds is 12. The van der Waals surface area contributed by atoms with E-state index < -0.39 is 64.5 Å². The highest BCUT2D eigenvalue weighted by molar-refractivity contribution is 5.96. The van der Waals surface area contributed by atoms with Crippen molar-refractivity contribution >= 4 is 34.8 Å². The fourth-order valence-corrected chi connectivity index (χ4v) is 6.26. The van der Waals surface area contributed by atoms with Gasteiger partial charge in [0.2, 0.25) is 11.8 Å². The van der Waals surface area contributed by atoms with Crippen molar-refractivity contribution in [2.45, 2.75) is 76.7 Å². The standard InChI is InChI=1S/C38H47N5O8/c1-8-23-19-38(23,34(46)47)42-32(44)29-17-25(20-43(29)33(45)31(36(2,3)4)41-35(48)50-21-37(5,6)39)51-30-18-27(22-12-10-9-11-13-22)40-28-16-24(49-7)14-15-26(28)30/h8-16,18,23,25,29,31H,1,17,19-21,39H2,2-7H3,(H,41,48)(H,42,44)(H,46,47)/t23-,25+,29-,31+,38?/m0/s1. The lowest BCUT2D eigenvalue weighted by Gasteiger charge is -2.35. The van der Waals surface area contributed by atoms with Crippen LogP contribution in [0.15, 0.2) is 67.3 Å². The van der Waals surface area contributed by atoms with E-state index in [9.17, 15) is 24.3 Å². The number of carbonyl (C=O) groups excluding carboxylic acids is 3. The Hall–Kier alpha value is -5.17. The Balaban J connectivity index is 1.49. The predicted octanol–water partition coefficient (Wildman–Crippen LogP) is 4.28. The van der Waals surface area contributed by atoms with E-state index in [4.69, 9.17) is 24.9 Å². The summed E-state index contributed by atoms with van der Waals surface area (Å²) in [7, 11) is 1.57. The number of amides is 3. The SMILES string of the molecule is C=C[C@H]1CC1(NC(=O)[C@@H]1C[C@@H](Oc2cc(-c3ccccc3)nc3cc(OC)ccc23)CN1C(=O)[C@@H](NC(=O)OCC(C)(C)N)C(C)(C)C)C(=O)O. The topological polar surface area (TPSA) is 182 Å². The van der Waals surface area contributed by atoms with Gasteiger partial charge in [0.05, 0.1) is 24.9 Å². The molecule has 2 aliphatic rings. The van der Waals surface area contributed by atoms with E-state index in [0.29, 0.717) is 28.1 Å². The molecule has 5 atom stereocenters. The fourth-order valence-electron chi connectivity index (χ4n) is 6.26. The highest BCUT2D eigenvalue weighted by Crippen LogP contribution is 2.45. The second-order valence-corrected chi connectivity index (χ2v) is 15.1. The first-order valence-electron chi connectivity index (χ1n) is 16.9. The zero-order valence-electron chi connectivity index (χ0n) is 29.9. The minimum atomic E-state index is -1.52. The molecule has 1 unspecified atom stereocenters. The van der Waals surface area contributed by atoms with E-state index >= 15 is 0 Å². The zero-order valence-corrected chi connectivity index (χ0v) is 29.9. The molecule has 272 valence electrons. The molecule has 0 radical (unpaired) electrons. The summed E-state index contributed by atoms with van der Waals surface area (Å²) in [6, 6.07) is 14.6. The van der Waals surface area contributed by atoms with Gasteiger partial charge in [-0.3, -0.25) is 9.59 Å². The molecule has 3 aromatic rings. The molecule has 13 heteroatoms. The Bertz CT molecular complexity index is 1820. The summed E-state index contributed by atoms with van der Waals surface area (Å²) in [4.78, 5) is 59.8. The molecule has 1 aromatic heterocycles. The van der Waals surface area contributed by atoms with Crippen LogP contribution in [0.2, 0.25) is 0 Å². The number of nitrogens with zero attached hydrogens (tertiary/aromatic N) is 2. The Labute approximate surface area is 297 Å². The molecule has 1 aliphatic carbocycles. The second-order valence-electron chi connectivity index (χ2n) is 15.1. The van der Waals surface area contributed by atoms with Crippen LogP contribution in [0.25, 0.3) is 22.2 Å². The molecule has 5 N–H and O–H groups in total. The number of fused-ring (bicyclic) bond motifs is 1. The predicted molar refractivity (Wildman–Crippen MR) is 191 cm³/mol. The molecule has 2 fully saturated rings. The highest BCUT2D eigenvalue weighted by atomic mass is 16.5. The molecule has 13 nitrogen and oxygen atoms in total. The lowest BCUT2D eigenvalue weighted by Crippen LogP contribution is -2.59. The molecule has 0 bridgehead atoms. The van der Waals surface area contributed by atoms with Gasteiger partial charge in [-0.25, -0.2) is 14.6 Å². The number of aromatic nitrogens is 1. The van der Waals surface area contributed by atoms with Crippen molar-refractivity contribution in [2.75, 3.05) is 20.3 Å². The summed E-state index contributed by atoms with van der Waals surface area (Å²) in [5, 5.41) is 16.1. The molecular weight excluding hydrogens is 654 g/mol. The van der Waals surface area contributed by atoms with Gasteiger partial charge < -0.3 is 40.6 Å². The molecular formula is C38H47N5O8. The van der Waals surface area contributed by atoms with Gasteiger partial charge in [0.1, 0.15) is 41.8 Å². The van der Waals surface area contributed by atoms with E-state index in [1.54, 1.807) is 53.9 Å². The van der Waals surface area contributed by atoms with E-state index in [1.807, 2.05) is 42.5 Å². The van der Waals surface area contributed by atoms with Gasteiger partial charge in [-0.1, -0.05) is 57.2 Å². The van der Waals surface area contributed by atoms with Gasteiger partial charge in [-0.2, -0.15) is 0 Å². The normalized spacial score (nSPS) is 22.1. The number of methoxy groups -OCH3 is 1. The van der Waals surface area contributed by atoms with E-state index in [1.165, 1.54) is 11.0 Å². The molecule has 1 saturated carbocycles. The first kappa shape index (κ1) is 37.1.